The lowest BCUT2D eigenvalue weighted by molar-refractivity contribution is 0.0314. The lowest BCUT2D eigenvalue weighted by Gasteiger charge is -2.35. The van der Waals surface area contributed by atoms with Crippen molar-refractivity contribution in [1.82, 2.24) is 5.32 Å². The molecule has 1 aromatic carbocycles. The van der Waals surface area contributed by atoms with Crippen molar-refractivity contribution in [1.29, 1.82) is 0 Å². The highest BCUT2D eigenvalue weighted by molar-refractivity contribution is 7.85. The number of hydrogen-bond acceptors (Lipinski definition) is 4. The van der Waals surface area contributed by atoms with Crippen molar-refractivity contribution in [3.8, 4) is 0 Å². The maximum absolute atomic E-state index is 10.7. The van der Waals surface area contributed by atoms with Gasteiger partial charge >= 0.3 is 0 Å². The van der Waals surface area contributed by atoms with Crippen LogP contribution in [0.15, 0.2) is 24.3 Å². The molecule has 2 N–H and O–H groups in total. The Morgan fingerprint density at radius 1 is 1.38 bits per heavy atom. The minimum Gasteiger partial charge on any atom is -0.375 e. The molecule has 0 amide bonds. The first-order valence-corrected chi connectivity index (χ1v) is 8.56. The Hall–Kier alpha value is -0.950. The first kappa shape index (κ1) is 18.1. The van der Waals surface area contributed by atoms with Crippen LogP contribution in [0.1, 0.15) is 37.5 Å². The maximum Gasteiger partial charge on any atom is 0.264 e. The van der Waals surface area contributed by atoms with Crippen LogP contribution in [0.4, 0.5) is 0 Å². The first-order valence-electron chi connectivity index (χ1n) is 6.95. The SMILES string of the molecule is COC(c1cccc(C)c1)C(C)(C)NCCCS(=O)(=O)O. The van der Waals surface area contributed by atoms with Gasteiger partial charge in [0.1, 0.15) is 0 Å². The monoisotopic (exact) mass is 315 g/mol. The molecule has 1 aromatic rings. The third-order valence-electron chi connectivity index (χ3n) is 3.40. The van der Waals surface area contributed by atoms with E-state index in [1.165, 1.54) is 0 Å². The summed E-state index contributed by atoms with van der Waals surface area (Å²) in [6.07, 6.45) is 0.204. The molecule has 0 bridgehead atoms. The van der Waals surface area contributed by atoms with E-state index >= 15 is 0 Å². The van der Waals surface area contributed by atoms with Crippen LogP contribution in [-0.2, 0) is 14.9 Å². The highest BCUT2D eigenvalue weighted by atomic mass is 32.2. The largest absolute Gasteiger partial charge is 0.375 e. The zero-order valence-electron chi connectivity index (χ0n) is 13.1. The molecule has 120 valence electrons. The van der Waals surface area contributed by atoms with E-state index in [2.05, 4.69) is 11.4 Å². The van der Waals surface area contributed by atoms with Gasteiger partial charge in [-0.25, -0.2) is 0 Å². The fourth-order valence-electron chi connectivity index (χ4n) is 2.44. The van der Waals surface area contributed by atoms with Gasteiger partial charge in [-0.05, 0) is 39.3 Å². The maximum atomic E-state index is 10.7. The van der Waals surface area contributed by atoms with Crippen LogP contribution in [0.3, 0.4) is 0 Å². The smallest absolute Gasteiger partial charge is 0.264 e. The first-order chi connectivity index (χ1) is 9.65. The van der Waals surface area contributed by atoms with Gasteiger partial charge in [0.2, 0.25) is 0 Å². The standard InChI is InChI=1S/C15H25NO4S/c1-12-7-5-8-13(11-12)14(20-4)15(2,3)16-9-6-10-21(17,18)19/h5,7-8,11,14,16H,6,9-10H2,1-4H3,(H,17,18,19). The van der Waals surface area contributed by atoms with Gasteiger partial charge in [0, 0.05) is 12.6 Å². The van der Waals surface area contributed by atoms with Crippen LogP contribution in [0, 0.1) is 6.92 Å². The van der Waals surface area contributed by atoms with Crippen molar-refractivity contribution < 1.29 is 17.7 Å². The van der Waals surface area contributed by atoms with Gasteiger partial charge in [0.15, 0.2) is 0 Å². The topological polar surface area (TPSA) is 75.6 Å². The molecule has 0 saturated carbocycles. The molecule has 0 fully saturated rings. The van der Waals surface area contributed by atoms with Crippen molar-refractivity contribution in [2.75, 3.05) is 19.4 Å². The van der Waals surface area contributed by atoms with Crippen molar-refractivity contribution >= 4 is 10.1 Å². The fourth-order valence-corrected chi connectivity index (χ4v) is 2.95. The molecule has 0 heterocycles. The summed E-state index contributed by atoms with van der Waals surface area (Å²) >= 11 is 0. The van der Waals surface area contributed by atoms with Crippen LogP contribution in [-0.4, -0.2) is 37.9 Å². The Balaban J connectivity index is 2.69. The van der Waals surface area contributed by atoms with E-state index in [9.17, 15) is 8.42 Å². The summed E-state index contributed by atoms with van der Waals surface area (Å²) in [5, 5.41) is 3.30. The number of ether oxygens (including phenoxy) is 1. The van der Waals surface area contributed by atoms with Crippen LogP contribution >= 0.6 is 0 Å². The third kappa shape index (κ3) is 6.13. The van der Waals surface area contributed by atoms with Gasteiger partial charge in [-0.2, -0.15) is 8.42 Å². The van der Waals surface area contributed by atoms with E-state index in [-0.39, 0.29) is 17.4 Å². The van der Waals surface area contributed by atoms with Crippen molar-refractivity contribution in [3.05, 3.63) is 35.4 Å². The molecular formula is C15H25NO4S. The average molecular weight is 315 g/mol. The van der Waals surface area contributed by atoms with E-state index < -0.39 is 10.1 Å². The molecule has 0 aliphatic carbocycles. The predicted molar refractivity (Wildman–Crippen MR) is 84.0 cm³/mol. The number of benzene rings is 1. The van der Waals surface area contributed by atoms with E-state index in [4.69, 9.17) is 9.29 Å². The lowest BCUT2D eigenvalue weighted by atomic mass is 9.90. The molecule has 1 rings (SSSR count). The van der Waals surface area contributed by atoms with E-state index in [1.54, 1.807) is 7.11 Å². The van der Waals surface area contributed by atoms with E-state index in [0.29, 0.717) is 13.0 Å². The predicted octanol–water partition coefficient (Wildman–Crippen LogP) is 2.33. The summed E-state index contributed by atoms with van der Waals surface area (Å²) < 4.78 is 35.8. The van der Waals surface area contributed by atoms with Crippen LogP contribution < -0.4 is 5.32 Å². The quantitative estimate of drug-likeness (QED) is 0.569. The summed E-state index contributed by atoms with van der Waals surface area (Å²) in [5.41, 5.74) is 1.88. The van der Waals surface area contributed by atoms with Crippen molar-refractivity contribution in [3.63, 3.8) is 0 Å². The molecule has 0 radical (unpaired) electrons. The third-order valence-corrected chi connectivity index (χ3v) is 4.20. The van der Waals surface area contributed by atoms with Crippen molar-refractivity contribution in [2.45, 2.75) is 38.8 Å². The highest BCUT2D eigenvalue weighted by Crippen LogP contribution is 2.29. The molecule has 0 aliphatic rings. The number of hydrogen-bond donors (Lipinski definition) is 2. The Morgan fingerprint density at radius 3 is 2.57 bits per heavy atom. The summed E-state index contributed by atoms with van der Waals surface area (Å²) in [5.74, 6) is -0.238. The molecule has 0 aromatic heterocycles. The van der Waals surface area contributed by atoms with E-state index in [0.717, 1.165) is 11.1 Å². The number of methoxy groups -OCH3 is 1. The Morgan fingerprint density at radius 2 is 2.05 bits per heavy atom. The average Bonchev–Trinajstić information content (AvgIpc) is 2.34. The van der Waals surface area contributed by atoms with Crippen LogP contribution in [0.25, 0.3) is 0 Å². The molecule has 21 heavy (non-hydrogen) atoms. The lowest BCUT2D eigenvalue weighted by Crippen LogP contribution is -2.46. The molecule has 1 atom stereocenters. The molecular weight excluding hydrogens is 290 g/mol. The second kappa shape index (κ2) is 7.35. The number of aryl methyl sites for hydroxylation is 1. The molecule has 6 heteroatoms. The van der Waals surface area contributed by atoms with Gasteiger partial charge < -0.3 is 10.1 Å². The van der Waals surface area contributed by atoms with Gasteiger partial charge in [-0.15, -0.1) is 0 Å². The molecule has 0 spiro atoms. The minimum absolute atomic E-state index is 0.150. The Kier molecular flexibility index (Phi) is 6.34. The molecule has 0 aliphatic heterocycles. The second-order valence-electron chi connectivity index (χ2n) is 5.82. The fraction of sp³-hybridized carbons (Fsp3) is 0.600. The van der Waals surface area contributed by atoms with Crippen molar-refractivity contribution in [2.24, 2.45) is 0 Å². The number of nitrogens with one attached hydrogen (secondary N) is 1. The highest BCUT2D eigenvalue weighted by Gasteiger charge is 2.30. The Labute approximate surface area is 127 Å². The van der Waals surface area contributed by atoms with Crippen LogP contribution in [0.5, 0.6) is 0 Å². The summed E-state index contributed by atoms with van der Waals surface area (Å²) in [6, 6.07) is 8.12. The molecule has 5 nitrogen and oxygen atoms in total. The van der Waals surface area contributed by atoms with E-state index in [1.807, 2.05) is 39.0 Å². The number of rotatable bonds is 8. The summed E-state index contributed by atoms with van der Waals surface area (Å²) in [7, 11) is -2.24. The zero-order chi connectivity index (χ0) is 16.1. The minimum atomic E-state index is -3.90. The van der Waals surface area contributed by atoms with Gasteiger partial charge in [0.25, 0.3) is 10.1 Å². The summed E-state index contributed by atoms with van der Waals surface area (Å²) in [6.45, 7) is 6.54. The van der Waals surface area contributed by atoms with Gasteiger partial charge in [0.05, 0.1) is 11.9 Å². The van der Waals surface area contributed by atoms with Gasteiger partial charge in [-0.3, -0.25) is 4.55 Å². The van der Waals surface area contributed by atoms with Gasteiger partial charge in [-0.1, -0.05) is 29.8 Å². The zero-order valence-corrected chi connectivity index (χ0v) is 13.9. The second-order valence-corrected chi connectivity index (χ2v) is 7.39. The normalized spacial score (nSPS) is 14.1. The molecule has 1 unspecified atom stereocenters. The Bertz CT molecular complexity index is 555. The molecule has 0 saturated heterocycles. The van der Waals surface area contributed by atoms with Crippen LogP contribution in [0.2, 0.25) is 0 Å². The summed E-state index contributed by atoms with van der Waals surface area (Å²) in [4.78, 5) is 0.